The molecule has 3 aromatic heterocycles. The molecule has 2 amide bonds. The zero-order valence-corrected chi connectivity index (χ0v) is 14.0. The molecule has 1 saturated heterocycles. The van der Waals surface area contributed by atoms with Crippen LogP contribution >= 0.6 is 0 Å². The van der Waals surface area contributed by atoms with E-state index in [0.717, 1.165) is 22.5 Å². The van der Waals surface area contributed by atoms with Gasteiger partial charge in [-0.1, -0.05) is 0 Å². The highest BCUT2D eigenvalue weighted by atomic mass is 16.5. The van der Waals surface area contributed by atoms with Crippen molar-refractivity contribution < 1.29 is 9.53 Å². The first-order valence-corrected chi connectivity index (χ1v) is 8.24. The number of carbonyl (C=O) groups is 1. The van der Waals surface area contributed by atoms with Crippen LogP contribution in [0.25, 0.3) is 16.8 Å². The summed E-state index contributed by atoms with van der Waals surface area (Å²) < 4.78 is 7.18. The van der Waals surface area contributed by atoms with Gasteiger partial charge in [0.25, 0.3) is 0 Å². The Morgan fingerprint density at radius 1 is 1.16 bits per heavy atom. The quantitative estimate of drug-likeness (QED) is 0.780. The Kier molecular flexibility index (Phi) is 4.07. The Morgan fingerprint density at radius 2 is 2.00 bits per heavy atom. The van der Waals surface area contributed by atoms with E-state index in [4.69, 9.17) is 4.74 Å². The Hall–Kier alpha value is -2.93. The van der Waals surface area contributed by atoms with Gasteiger partial charge in [-0.05, 0) is 42.3 Å². The summed E-state index contributed by atoms with van der Waals surface area (Å²) in [6, 6.07) is 7.84. The van der Waals surface area contributed by atoms with Gasteiger partial charge >= 0.3 is 6.03 Å². The summed E-state index contributed by atoms with van der Waals surface area (Å²) in [4.78, 5) is 22.7. The largest absolute Gasteiger partial charge is 0.378 e. The van der Waals surface area contributed by atoms with Crippen molar-refractivity contribution in [2.45, 2.75) is 6.92 Å². The Bertz CT molecular complexity index is 915. The third kappa shape index (κ3) is 3.32. The van der Waals surface area contributed by atoms with Crippen molar-refractivity contribution in [1.29, 1.82) is 0 Å². The lowest BCUT2D eigenvalue weighted by Gasteiger charge is -2.26. The van der Waals surface area contributed by atoms with Gasteiger partial charge in [-0.3, -0.25) is 10.3 Å². The van der Waals surface area contributed by atoms with Crippen molar-refractivity contribution in [2.24, 2.45) is 0 Å². The zero-order valence-electron chi connectivity index (χ0n) is 14.0. The van der Waals surface area contributed by atoms with Gasteiger partial charge < -0.3 is 14.0 Å². The number of fused-ring (bicyclic) bond motifs is 1. The lowest BCUT2D eigenvalue weighted by molar-refractivity contribution is 0.0564. The predicted molar refractivity (Wildman–Crippen MR) is 94.6 cm³/mol. The number of pyridine rings is 2. The number of ether oxygens (including phenoxy) is 1. The Labute approximate surface area is 145 Å². The SMILES string of the molecule is Cc1cc(-c2ccc3nc(NC(=O)N4CCOCC4)cn3c2)ccn1. The fourth-order valence-electron chi connectivity index (χ4n) is 2.90. The topological polar surface area (TPSA) is 71.8 Å². The number of nitrogens with one attached hydrogen (secondary N) is 1. The van der Waals surface area contributed by atoms with Crippen LogP contribution in [0.1, 0.15) is 5.69 Å². The number of aromatic nitrogens is 3. The number of anilines is 1. The summed E-state index contributed by atoms with van der Waals surface area (Å²) in [5.74, 6) is 0.541. The second-order valence-corrected chi connectivity index (χ2v) is 6.02. The summed E-state index contributed by atoms with van der Waals surface area (Å²) >= 11 is 0. The van der Waals surface area contributed by atoms with E-state index >= 15 is 0 Å². The molecular formula is C18H19N5O2. The first-order chi connectivity index (χ1) is 12.2. The summed E-state index contributed by atoms with van der Waals surface area (Å²) in [6.07, 6.45) is 5.63. The third-order valence-corrected chi connectivity index (χ3v) is 4.21. The lowest BCUT2D eigenvalue weighted by Crippen LogP contribution is -2.43. The molecule has 128 valence electrons. The second-order valence-electron chi connectivity index (χ2n) is 6.02. The van der Waals surface area contributed by atoms with Gasteiger partial charge in [0.15, 0.2) is 5.82 Å². The maximum absolute atomic E-state index is 12.3. The van der Waals surface area contributed by atoms with E-state index in [1.807, 2.05) is 48.0 Å². The van der Waals surface area contributed by atoms with Crippen molar-refractivity contribution in [1.82, 2.24) is 19.3 Å². The minimum Gasteiger partial charge on any atom is -0.378 e. The van der Waals surface area contributed by atoms with Crippen molar-refractivity contribution in [2.75, 3.05) is 31.6 Å². The van der Waals surface area contributed by atoms with Crippen LogP contribution in [0.2, 0.25) is 0 Å². The average Bonchev–Trinajstić information content (AvgIpc) is 3.03. The Balaban J connectivity index is 1.57. The normalized spacial score (nSPS) is 14.7. The van der Waals surface area contributed by atoms with Crippen LogP contribution in [0.3, 0.4) is 0 Å². The number of hydrogen-bond acceptors (Lipinski definition) is 4. The van der Waals surface area contributed by atoms with Gasteiger partial charge in [-0.2, -0.15) is 0 Å². The minimum absolute atomic E-state index is 0.142. The summed E-state index contributed by atoms with van der Waals surface area (Å²) in [6.45, 7) is 4.33. The van der Waals surface area contributed by atoms with Gasteiger partial charge in [0.2, 0.25) is 0 Å². The molecule has 0 saturated carbocycles. The molecule has 4 heterocycles. The Morgan fingerprint density at radius 3 is 2.80 bits per heavy atom. The van der Waals surface area contributed by atoms with Gasteiger partial charge in [-0.15, -0.1) is 0 Å². The number of urea groups is 1. The molecule has 0 radical (unpaired) electrons. The van der Waals surface area contributed by atoms with Crippen LogP contribution in [-0.2, 0) is 4.74 Å². The summed E-state index contributed by atoms with van der Waals surface area (Å²) in [5, 5.41) is 2.86. The van der Waals surface area contributed by atoms with Crippen molar-refractivity contribution >= 4 is 17.5 Å². The van der Waals surface area contributed by atoms with Crippen LogP contribution in [0, 0.1) is 6.92 Å². The number of rotatable bonds is 2. The molecule has 7 nitrogen and oxygen atoms in total. The molecule has 1 N–H and O–H groups in total. The fraction of sp³-hybridized carbons (Fsp3) is 0.278. The van der Waals surface area contributed by atoms with Crippen LogP contribution in [0.4, 0.5) is 10.6 Å². The maximum Gasteiger partial charge on any atom is 0.323 e. The first kappa shape index (κ1) is 15.6. The van der Waals surface area contributed by atoms with E-state index in [1.54, 1.807) is 11.1 Å². The molecule has 0 bridgehead atoms. The lowest BCUT2D eigenvalue weighted by atomic mass is 10.1. The van der Waals surface area contributed by atoms with Gasteiger partial charge in [0, 0.05) is 31.2 Å². The number of aryl methyl sites for hydroxylation is 1. The van der Waals surface area contributed by atoms with Crippen molar-refractivity contribution in [3.8, 4) is 11.1 Å². The molecule has 1 aliphatic heterocycles. The molecule has 4 rings (SSSR count). The number of nitrogens with zero attached hydrogens (tertiary/aromatic N) is 4. The number of morpholine rings is 1. The van der Waals surface area contributed by atoms with E-state index in [-0.39, 0.29) is 6.03 Å². The maximum atomic E-state index is 12.3. The molecule has 3 aromatic rings. The smallest absolute Gasteiger partial charge is 0.323 e. The molecule has 0 atom stereocenters. The number of amides is 2. The van der Waals surface area contributed by atoms with E-state index < -0.39 is 0 Å². The first-order valence-electron chi connectivity index (χ1n) is 8.24. The number of carbonyl (C=O) groups excluding carboxylic acids is 1. The van der Waals surface area contributed by atoms with Gasteiger partial charge in [-0.25, -0.2) is 9.78 Å². The molecule has 25 heavy (non-hydrogen) atoms. The van der Waals surface area contributed by atoms with Crippen LogP contribution in [-0.4, -0.2) is 51.6 Å². The van der Waals surface area contributed by atoms with E-state index in [1.165, 1.54) is 0 Å². The molecule has 0 unspecified atom stereocenters. The molecular weight excluding hydrogens is 318 g/mol. The molecule has 0 aliphatic carbocycles. The number of hydrogen-bond donors (Lipinski definition) is 1. The fourth-order valence-corrected chi connectivity index (χ4v) is 2.90. The van der Waals surface area contributed by atoms with Gasteiger partial charge in [0.05, 0.1) is 19.4 Å². The molecule has 1 aliphatic rings. The van der Waals surface area contributed by atoms with E-state index in [0.29, 0.717) is 32.1 Å². The summed E-state index contributed by atoms with van der Waals surface area (Å²) in [5.41, 5.74) is 3.93. The predicted octanol–water partition coefficient (Wildman–Crippen LogP) is 2.57. The molecule has 0 spiro atoms. The molecule has 7 heteroatoms. The third-order valence-electron chi connectivity index (χ3n) is 4.21. The highest BCUT2D eigenvalue weighted by Gasteiger charge is 2.17. The summed E-state index contributed by atoms with van der Waals surface area (Å²) in [7, 11) is 0. The van der Waals surface area contributed by atoms with E-state index in [9.17, 15) is 4.79 Å². The van der Waals surface area contributed by atoms with E-state index in [2.05, 4.69) is 15.3 Å². The zero-order chi connectivity index (χ0) is 17.2. The average molecular weight is 337 g/mol. The highest BCUT2D eigenvalue weighted by molar-refractivity contribution is 5.88. The standard InChI is InChI=1S/C18H19N5O2/c1-13-10-14(4-5-19-13)15-2-3-17-20-16(12-23(17)11-15)21-18(24)22-6-8-25-9-7-22/h2-5,10-12H,6-9H2,1H3,(H,21,24). The molecule has 0 aromatic carbocycles. The highest BCUT2D eigenvalue weighted by Crippen LogP contribution is 2.21. The monoisotopic (exact) mass is 337 g/mol. The van der Waals surface area contributed by atoms with Crippen LogP contribution in [0.5, 0.6) is 0 Å². The minimum atomic E-state index is -0.142. The van der Waals surface area contributed by atoms with Gasteiger partial charge in [0.1, 0.15) is 5.65 Å². The second kappa shape index (κ2) is 6.52. The van der Waals surface area contributed by atoms with Crippen molar-refractivity contribution in [3.63, 3.8) is 0 Å². The van der Waals surface area contributed by atoms with Crippen LogP contribution < -0.4 is 5.32 Å². The molecule has 1 fully saturated rings. The van der Waals surface area contributed by atoms with Crippen LogP contribution in [0.15, 0.2) is 42.9 Å². The number of imidazole rings is 1. The van der Waals surface area contributed by atoms with Crippen molar-refractivity contribution in [3.05, 3.63) is 48.5 Å².